The van der Waals surface area contributed by atoms with Crippen molar-refractivity contribution >= 4 is 11.8 Å². The number of carbonyl (C=O) groups excluding carboxylic acids is 2. The Morgan fingerprint density at radius 1 is 1.42 bits per heavy atom. The number of piperidine rings is 1. The molecule has 0 spiro atoms. The Morgan fingerprint density at radius 2 is 2.27 bits per heavy atom. The minimum atomic E-state index is -0.357. The number of aromatic nitrogens is 4. The molecule has 1 aliphatic heterocycles. The Morgan fingerprint density at radius 3 is 3.00 bits per heavy atom. The molecule has 3 rings (SSSR count). The van der Waals surface area contributed by atoms with Gasteiger partial charge in [-0.25, -0.2) is 0 Å². The molecule has 1 saturated heterocycles. The fraction of sp³-hybridized carbons (Fsp3) is 0.471. The van der Waals surface area contributed by atoms with Gasteiger partial charge in [0.2, 0.25) is 17.6 Å². The van der Waals surface area contributed by atoms with Crippen molar-refractivity contribution in [2.45, 2.75) is 19.4 Å². The van der Waals surface area contributed by atoms with Gasteiger partial charge in [-0.3, -0.25) is 14.5 Å². The highest BCUT2D eigenvalue weighted by atomic mass is 16.2. The number of amides is 2. The first kappa shape index (κ1) is 18.0. The van der Waals surface area contributed by atoms with Gasteiger partial charge >= 0.3 is 0 Å². The van der Waals surface area contributed by atoms with Crippen LogP contribution < -0.4 is 5.73 Å². The summed E-state index contributed by atoms with van der Waals surface area (Å²) in [5, 5.41) is 14.0. The molecule has 1 atom stereocenters. The minimum absolute atomic E-state index is 0.0872. The maximum Gasteiger partial charge on any atom is 0.231 e. The van der Waals surface area contributed by atoms with Crippen LogP contribution in [0.1, 0.15) is 18.4 Å². The highest BCUT2D eigenvalue weighted by Crippen LogP contribution is 2.20. The summed E-state index contributed by atoms with van der Waals surface area (Å²) in [6.07, 6.45) is 1.73. The van der Waals surface area contributed by atoms with Crippen molar-refractivity contribution in [1.29, 1.82) is 0 Å². The van der Waals surface area contributed by atoms with Crippen LogP contribution in [0.5, 0.6) is 0 Å². The number of aromatic amines is 1. The molecule has 138 valence electrons. The molecule has 2 aromatic rings. The lowest BCUT2D eigenvalue weighted by molar-refractivity contribution is -0.137. The summed E-state index contributed by atoms with van der Waals surface area (Å²) in [7, 11) is 1.80. The van der Waals surface area contributed by atoms with Crippen molar-refractivity contribution in [3.8, 4) is 11.4 Å². The smallest absolute Gasteiger partial charge is 0.231 e. The monoisotopic (exact) mass is 357 g/mol. The first-order chi connectivity index (χ1) is 12.5. The highest BCUT2D eigenvalue weighted by molar-refractivity contribution is 5.79. The Bertz CT molecular complexity index is 762. The van der Waals surface area contributed by atoms with E-state index in [-0.39, 0.29) is 24.3 Å². The molecule has 2 heterocycles. The molecule has 0 radical (unpaired) electrons. The molecule has 9 nitrogen and oxygen atoms in total. The first-order valence-electron chi connectivity index (χ1n) is 8.61. The number of likely N-dealkylation sites (tertiary alicyclic amines) is 1. The molecule has 0 saturated carbocycles. The van der Waals surface area contributed by atoms with E-state index >= 15 is 0 Å². The van der Waals surface area contributed by atoms with Crippen LogP contribution in [0.4, 0.5) is 0 Å². The van der Waals surface area contributed by atoms with E-state index < -0.39 is 0 Å². The summed E-state index contributed by atoms with van der Waals surface area (Å²) in [4.78, 5) is 27.6. The largest absolute Gasteiger partial charge is 0.369 e. The molecular formula is C17H23N7O2. The van der Waals surface area contributed by atoms with Crippen LogP contribution in [0.3, 0.4) is 0 Å². The predicted molar refractivity (Wildman–Crippen MR) is 94.4 cm³/mol. The van der Waals surface area contributed by atoms with Crippen molar-refractivity contribution < 1.29 is 9.59 Å². The van der Waals surface area contributed by atoms with Gasteiger partial charge in [0.15, 0.2) is 0 Å². The Balaban J connectivity index is 1.62. The molecule has 26 heavy (non-hydrogen) atoms. The van der Waals surface area contributed by atoms with Gasteiger partial charge in [0.25, 0.3) is 0 Å². The van der Waals surface area contributed by atoms with Crippen molar-refractivity contribution in [3.05, 3.63) is 29.8 Å². The van der Waals surface area contributed by atoms with E-state index in [1.807, 2.05) is 29.2 Å². The van der Waals surface area contributed by atoms with E-state index in [1.54, 1.807) is 11.9 Å². The number of nitrogens with one attached hydrogen (secondary N) is 1. The van der Waals surface area contributed by atoms with Crippen molar-refractivity contribution in [2.24, 2.45) is 11.7 Å². The van der Waals surface area contributed by atoms with E-state index in [0.29, 0.717) is 18.9 Å². The zero-order chi connectivity index (χ0) is 18.5. The number of hydrogen-bond acceptors (Lipinski definition) is 6. The topological polar surface area (TPSA) is 121 Å². The zero-order valence-corrected chi connectivity index (χ0v) is 14.8. The predicted octanol–water partition coefficient (Wildman–Crippen LogP) is 0.0224. The maximum absolute atomic E-state index is 12.8. The van der Waals surface area contributed by atoms with E-state index in [0.717, 1.165) is 30.5 Å². The third-order valence-electron chi connectivity index (χ3n) is 4.56. The van der Waals surface area contributed by atoms with E-state index in [4.69, 9.17) is 5.73 Å². The summed E-state index contributed by atoms with van der Waals surface area (Å²) < 4.78 is 0. The minimum Gasteiger partial charge on any atom is -0.369 e. The number of nitrogens with two attached hydrogens (primary N) is 1. The number of nitrogens with zero attached hydrogens (tertiary/aromatic N) is 5. The molecule has 0 aliphatic carbocycles. The molecule has 1 fully saturated rings. The SMILES string of the molecule is CN(Cc1cccc(-c2nn[nH]n2)c1)C(=O)C1CCCN(CC(N)=O)C1. The summed E-state index contributed by atoms with van der Waals surface area (Å²) in [6, 6.07) is 7.73. The summed E-state index contributed by atoms with van der Waals surface area (Å²) in [6.45, 7) is 2.09. The third-order valence-corrected chi connectivity index (χ3v) is 4.56. The van der Waals surface area contributed by atoms with E-state index in [1.165, 1.54) is 0 Å². The normalized spacial score (nSPS) is 17.8. The van der Waals surface area contributed by atoms with Crippen molar-refractivity contribution in [2.75, 3.05) is 26.7 Å². The van der Waals surface area contributed by atoms with Gasteiger partial charge in [0.05, 0.1) is 12.5 Å². The second kappa shape index (κ2) is 8.05. The lowest BCUT2D eigenvalue weighted by atomic mass is 9.96. The molecular weight excluding hydrogens is 334 g/mol. The molecule has 1 aromatic carbocycles. The number of carbonyl (C=O) groups is 2. The summed E-state index contributed by atoms with van der Waals surface area (Å²) >= 11 is 0. The average Bonchev–Trinajstić information content (AvgIpc) is 3.15. The fourth-order valence-electron chi connectivity index (χ4n) is 3.38. The zero-order valence-electron chi connectivity index (χ0n) is 14.8. The third kappa shape index (κ3) is 4.42. The van der Waals surface area contributed by atoms with Crippen molar-refractivity contribution in [1.82, 2.24) is 30.4 Å². The standard InChI is InChI=1S/C17H23N7O2/c1-23(17(26)14-6-3-7-24(10-14)11-15(18)25)9-12-4-2-5-13(8-12)16-19-21-22-20-16/h2,4-5,8,14H,3,6-7,9-11H2,1H3,(H2,18,25)(H,19,20,21,22). The van der Waals surface area contributed by atoms with Crippen molar-refractivity contribution in [3.63, 3.8) is 0 Å². The Labute approximate surface area is 151 Å². The molecule has 2 amide bonds. The van der Waals surface area contributed by atoms with Gasteiger partial charge in [-0.05, 0) is 36.2 Å². The van der Waals surface area contributed by atoms with Crippen LogP contribution in [0.2, 0.25) is 0 Å². The van der Waals surface area contributed by atoms with E-state index in [2.05, 4.69) is 20.6 Å². The van der Waals surface area contributed by atoms with Gasteiger partial charge in [0, 0.05) is 25.7 Å². The number of hydrogen-bond donors (Lipinski definition) is 2. The average molecular weight is 357 g/mol. The lowest BCUT2D eigenvalue weighted by Gasteiger charge is -2.33. The number of primary amides is 1. The maximum atomic E-state index is 12.8. The number of rotatable bonds is 6. The number of H-pyrrole nitrogens is 1. The van der Waals surface area contributed by atoms with Gasteiger partial charge in [0.1, 0.15) is 0 Å². The fourth-order valence-corrected chi connectivity index (χ4v) is 3.38. The first-order valence-corrected chi connectivity index (χ1v) is 8.61. The summed E-state index contributed by atoms with van der Waals surface area (Å²) in [5.74, 6) is 0.151. The Hall–Kier alpha value is -2.81. The van der Waals surface area contributed by atoms with Crippen LogP contribution in [0, 0.1) is 5.92 Å². The van der Waals surface area contributed by atoms with Crippen LogP contribution in [-0.4, -0.2) is 68.9 Å². The summed E-state index contributed by atoms with van der Waals surface area (Å²) in [5.41, 5.74) is 7.11. The second-order valence-electron chi connectivity index (χ2n) is 6.67. The molecule has 0 bridgehead atoms. The Kier molecular flexibility index (Phi) is 5.57. The van der Waals surface area contributed by atoms with Gasteiger partial charge in [-0.2, -0.15) is 5.21 Å². The molecule has 9 heteroatoms. The quantitative estimate of drug-likeness (QED) is 0.752. The van der Waals surface area contributed by atoms with Gasteiger partial charge in [-0.1, -0.05) is 18.2 Å². The molecule has 3 N–H and O–H groups in total. The molecule has 1 aliphatic rings. The second-order valence-corrected chi connectivity index (χ2v) is 6.67. The number of benzene rings is 1. The van der Waals surface area contributed by atoms with E-state index in [9.17, 15) is 9.59 Å². The molecule has 1 unspecified atom stereocenters. The van der Waals surface area contributed by atoms with Gasteiger partial charge < -0.3 is 10.6 Å². The van der Waals surface area contributed by atoms with Crippen LogP contribution >= 0.6 is 0 Å². The van der Waals surface area contributed by atoms with Crippen LogP contribution in [-0.2, 0) is 16.1 Å². The lowest BCUT2D eigenvalue weighted by Crippen LogP contribution is -2.46. The van der Waals surface area contributed by atoms with Crippen LogP contribution in [0.15, 0.2) is 24.3 Å². The van der Waals surface area contributed by atoms with Crippen LogP contribution in [0.25, 0.3) is 11.4 Å². The van der Waals surface area contributed by atoms with Gasteiger partial charge in [-0.15, -0.1) is 10.2 Å². The highest BCUT2D eigenvalue weighted by Gasteiger charge is 2.28. The molecule has 1 aromatic heterocycles. The number of tetrazole rings is 1.